The van der Waals surface area contributed by atoms with Crippen LogP contribution in [0.2, 0.25) is 0 Å². The molecular formula is C27H27FN2O4. The molecule has 0 bridgehead atoms. The van der Waals surface area contributed by atoms with Crippen LogP contribution in [0, 0.1) is 19.7 Å². The number of aliphatic carboxylic acids is 1. The lowest BCUT2D eigenvalue weighted by Gasteiger charge is -2.32. The first-order valence-electron chi connectivity index (χ1n) is 11.1. The number of carboxylic acid groups (broad SMARTS) is 1. The lowest BCUT2D eigenvalue weighted by molar-refractivity contribution is -0.141. The van der Waals surface area contributed by atoms with E-state index in [1.165, 1.54) is 19.4 Å². The quantitative estimate of drug-likeness (QED) is 0.607. The van der Waals surface area contributed by atoms with Gasteiger partial charge in [-0.1, -0.05) is 29.8 Å². The van der Waals surface area contributed by atoms with Crippen molar-refractivity contribution in [3.05, 3.63) is 93.4 Å². The van der Waals surface area contributed by atoms with Gasteiger partial charge in [-0.3, -0.25) is 9.59 Å². The number of carboxylic acids is 1. The third-order valence-electron chi connectivity index (χ3n) is 6.70. The van der Waals surface area contributed by atoms with Gasteiger partial charge in [0, 0.05) is 25.4 Å². The number of carbonyl (C=O) groups excluding carboxylic acids is 1. The lowest BCUT2D eigenvalue weighted by Crippen LogP contribution is -2.38. The molecule has 1 aromatic heterocycles. The molecule has 0 aliphatic carbocycles. The highest BCUT2D eigenvalue weighted by molar-refractivity contribution is 5.95. The molecule has 3 aromatic rings. The fraction of sp³-hybridized carbons (Fsp3) is 0.296. The average Bonchev–Trinajstić information content (AvgIpc) is 2.83. The number of aryl methyl sites for hydroxylation is 2. The third kappa shape index (κ3) is 4.02. The Balaban J connectivity index is 1.71. The highest BCUT2D eigenvalue weighted by atomic mass is 19.1. The molecule has 0 saturated heterocycles. The number of fused-ring (bicyclic) bond motifs is 1. The summed E-state index contributed by atoms with van der Waals surface area (Å²) >= 11 is 0. The van der Waals surface area contributed by atoms with Crippen LogP contribution >= 0.6 is 0 Å². The number of carbonyl (C=O) groups is 2. The summed E-state index contributed by atoms with van der Waals surface area (Å²) in [5.41, 5.74) is 3.32. The van der Waals surface area contributed by atoms with Crippen LogP contribution in [0.3, 0.4) is 0 Å². The maximum atomic E-state index is 14.3. The van der Waals surface area contributed by atoms with Gasteiger partial charge in [-0.15, -0.1) is 0 Å². The van der Waals surface area contributed by atoms with Gasteiger partial charge < -0.3 is 14.7 Å². The van der Waals surface area contributed by atoms with Gasteiger partial charge in [-0.25, -0.2) is 9.37 Å². The van der Waals surface area contributed by atoms with Gasteiger partial charge in [-0.05, 0) is 67.1 Å². The number of ether oxygens (including phenoxy) is 1. The van der Waals surface area contributed by atoms with Crippen molar-refractivity contribution >= 4 is 11.9 Å². The molecule has 1 aliphatic heterocycles. The molecule has 6 nitrogen and oxygen atoms in total. The molecule has 0 fully saturated rings. The number of pyridine rings is 1. The molecule has 1 N–H and O–H groups in total. The summed E-state index contributed by atoms with van der Waals surface area (Å²) in [5, 5.41) is 10.3. The van der Waals surface area contributed by atoms with Gasteiger partial charge >= 0.3 is 5.97 Å². The van der Waals surface area contributed by atoms with E-state index in [2.05, 4.69) is 4.98 Å². The maximum Gasteiger partial charge on any atom is 0.318 e. The van der Waals surface area contributed by atoms with Crippen LogP contribution in [0.5, 0.6) is 5.88 Å². The summed E-state index contributed by atoms with van der Waals surface area (Å²) in [6.07, 6.45) is 2.15. The summed E-state index contributed by atoms with van der Waals surface area (Å²) in [7, 11) is 1.51. The fourth-order valence-electron chi connectivity index (χ4n) is 4.57. The van der Waals surface area contributed by atoms with E-state index in [0.717, 1.165) is 22.3 Å². The Morgan fingerprint density at radius 1 is 1.12 bits per heavy atom. The first kappa shape index (κ1) is 23.4. The number of nitrogens with zero attached hydrogens (tertiary/aromatic N) is 2. The minimum Gasteiger partial charge on any atom is -0.481 e. The van der Waals surface area contributed by atoms with Gasteiger partial charge in [0.2, 0.25) is 5.88 Å². The lowest BCUT2D eigenvalue weighted by atomic mass is 9.74. The predicted octanol–water partition coefficient (Wildman–Crippen LogP) is 4.44. The Morgan fingerprint density at radius 3 is 2.56 bits per heavy atom. The minimum absolute atomic E-state index is 0.0508. The van der Waals surface area contributed by atoms with Crippen molar-refractivity contribution in [1.29, 1.82) is 0 Å². The number of hydrogen-bond acceptors (Lipinski definition) is 4. The van der Waals surface area contributed by atoms with E-state index in [1.54, 1.807) is 30.0 Å². The van der Waals surface area contributed by atoms with Crippen molar-refractivity contribution < 1.29 is 23.8 Å². The molecule has 1 aliphatic rings. The molecule has 0 unspecified atom stereocenters. The SMILES string of the molecule is COc1cc(C)c([C@@](C)(C(=O)O)c2ccc3c(c2)CN(C(=O)c2cc(C)ccc2F)CC3)cn1. The largest absolute Gasteiger partial charge is 0.481 e. The van der Waals surface area contributed by atoms with Crippen LogP contribution in [0.1, 0.15) is 50.7 Å². The van der Waals surface area contributed by atoms with E-state index in [1.807, 2.05) is 32.0 Å². The predicted molar refractivity (Wildman–Crippen MR) is 126 cm³/mol. The second kappa shape index (κ2) is 8.89. The maximum absolute atomic E-state index is 14.3. The molecule has 4 rings (SSSR count). The Hall–Kier alpha value is -3.74. The van der Waals surface area contributed by atoms with Crippen LogP contribution < -0.4 is 4.74 Å². The molecule has 7 heteroatoms. The Bertz CT molecular complexity index is 1290. The molecular weight excluding hydrogens is 435 g/mol. The van der Waals surface area contributed by atoms with Crippen LogP contribution in [0.25, 0.3) is 0 Å². The molecule has 2 aromatic carbocycles. The molecule has 1 amide bonds. The van der Waals surface area contributed by atoms with Crippen molar-refractivity contribution in [1.82, 2.24) is 9.88 Å². The number of amides is 1. The summed E-state index contributed by atoms with van der Waals surface area (Å²) in [6, 6.07) is 11.8. The highest BCUT2D eigenvalue weighted by Gasteiger charge is 2.39. The molecule has 0 radical (unpaired) electrons. The van der Waals surface area contributed by atoms with E-state index in [9.17, 15) is 19.1 Å². The average molecular weight is 463 g/mol. The van der Waals surface area contributed by atoms with Gasteiger partial charge in [0.1, 0.15) is 11.2 Å². The van der Waals surface area contributed by atoms with Gasteiger partial charge in [0.05, 0.1) is 12.7 Å². The summed E-state index contributed by atoms with van der Waals surface area (Å²) in [6.45, 7) is 6.05. The number of benzene rings is 2. The van der Waals surface area contributed by atoms with Gasteiger partial charge in [0.15, 0.2) is 0 Å². The number of methoxy groups -OCH3 is 1. The van der Waals surface area contributed by atoms with Gasteiger partial charge in [0.25, 0.3) is 5.91 Å². The topological polar surface area (TPSA) is 79.7 Å². The third-order valence-corrected chi connectivity index (χ3v) is 6.70. The zero-order valence-electron chi connectivity index (χ0n) is 19.7. The zero-order chi connectivity index (χ0) is 24.6. The van der Waals surface area contributed by atoms with Gasteiger partial charge in [-0.2, -0.15) is 0 Å². The van der Waals surface area contributed by atoms with Crippen molar-refractivity contribution in [2.75, 3.05) is 13.7 Å². The second-order valence-electron chi connectivity index (χ2n) is 8.92. The molecule has 1 atom stereocenters. The fourth-order valence-corrected chi connectivity index (χ4v) is 4.57. The monoisotopic (exact) mass is 462 g/mol. The van der Waals surface area contributed by atoms with Crippen LogP contribution in [-0.2, 0) is 23.2 Å². The molecule has 34 heavy (non-hydrogen) atoms. The van der Waals surface area contributed by atoms with E-state index in [4.69, 9.17) is 4.74 Å². The van der Waals surface area contributed by atoms with E-state index in [0.29, 0.717) is 30.0 Å². The Kier molecular flexibility index (Phi) is 6.13. The number of halogens is 1. The van der Waals surface area contributed by atoms with E-state index >= 15 is 0 Å². The van der Waals surface area contributed by atoms with Crippen LogP contribution in [-0.4, -0.2) is 40.5 Å². The van der Waals surface area contributed by atoms with Crippen molar-refractivity contribution in [3.63, 3.8) is 0 Å². The summed E-state index contributed by atoms with van der Waals surface area (Å²) in [5.74, 6) is -1.51. The number of aromatic nitrogens is 1. The number of hydrogen-bond donors (Lipinski definition) is 1. The second-order valence-corrected chi connectivity index (χ2v) is 8.92. The molecule has 0 saturated carbocycles. The van der Waals surface area contributed by atoms with Crippen molar-refractivity contribution in [2.24, 2.45) is 0 Å². The highest BCUT2D eigenvalue weighted by Crippen LogP contribution is 2.37. The minimum atomic E-state index is -1.35. The standard InChI is InChI=1S/C27H27FN2O4/c1-16-5-8-23(28)21(11-16)25(31)30-10-9-18-6-7-20(13-19(18)15-30)27(3,26(32)33)22-14-29-24(34-4)12-17(22)2/h5-8,11-14H,9-10,15H2,1-4H3,(H,32,33)/t27-/m0/s1. The first-order valence-corrected chi connectivity index (χ1v) is 11.1. The molecule has 176 valence electrons. The summed E-state index contributed by atoms with van der Waals surface area (Å²) in [4.78, 5) is 31.5. The molecule has 2 heterocycles. The van der Waals surface area contributed by atoms with Crippen LogP contribution in [0.15, 0.2) is 48.7 Å². The summed E-state index contributed by atoms with van der Waals surface area (Å²) < 4.78 is 19.5. The van der Waals surface area contributed by atoms with E-state index in [-0.39, 0.29) is 18.0 Å². The Labute approximate surface area is 198 Å². The zero-order valence-corrected chi connectivity index (χ0v) is 19.7. The molecule has 0 spiro atoms. The first-order chi connectivity index (χ1) is 16.1. The van der Waals surface area contributed by atoms with Crippen LogP contribution in [0.4, 0.5) is 4.39 Å². The Morgan fingerprint density at radius 2 is 1.88 bits per heavy atom. The number of rotatable bonds is 5. The smallest absolute Gasteiger partial charge is 0.318 e. The van der Waals surface area contributed by atoms with Crippen molar-refractivity contribution in [2.45, 2.75) is 39.2 Å². The van der Waals surface area contributed by atoms with Crippen molar-refractivity contribution in [3.8, 4) is 5.88 Å². The normalized spacial score (nSPS) is 14.8. The van der Waals surface area contributed by atoms with E-state index < -0.39 is 17.2 Å².